The summed E-state index contributed by atoms with van der Waals surface area (Å²) in [5.74, 6) is 0. The number of nitrogens with zero attached hydrogens (tertiary/aromatic N) is 3. The molecule has 0 saturated carbocycles. The van der Waals surface area contributed by atoms with Crippen molar-refractivity contribution in [3.63, 3.8) is 0 Å². The lowest BCUT2D eigenvalue weighted by Crippen LogP contribution is -1.95. The molecule has 0 amide bonds. The highest BCUT2D eigenvalue weighted by Gasteiger charge is 1.98. The van der Waals surface area contributed by atoms with Crippen molar-refractivity contribution in [3.8, 4) is 5.69 Å². The highest BCUT2D eigenvalue weighted by atomic mass is 16.4. The number of aromatic nitrogens is 2. The Kier molecular flexibility index (Phi) is 2.49. The van der Waals surface area contributed by atoms with Crippen molar-refractivity contribution in [3.05, 3.63) is 48.5 Å². The molecular formula is C11H11N3O. The van der Waals surface area contributed by atoms with Gasteiger partial charge in [-0.1, -0.05) is 17.3 Å². The van der Waals surface area contributed by atoms with Crippen molar-refractivity contribution < 1.29 is 5.21 Å². The van der Waals surface area contributed by atoms with Gasteiger partial charge in [0.2, 0.25) is 0 Å². The number of hydrogen-bond acceptors (Lipinski definition) is 3. The van der Waals surface area contributed by atoms with Crippen molar-refractivity contribution in [2.75, 3.05) is 0 Å². The lowest BCUT2D eigenvalue weighted by atomic mass is 10.1. The van der Waals surface area contributed by atoms with Gasteiger partial charge in [-0.15, -0.1) is 0 Å². The molecule has 1 aromatic heterocycles. The number of imidazole rings is 1. The van der Waals surface area contributed by atoms with Gasteiger partial charge in [-0.05, 0) is 24.6 Å². The summed E-state index contributed by atoms with van der Waals surface area (Å²) in [5, 5.41) is 11.8. The minimum atomic E-state index is 0.604. The molecule has 4 heteroatoms. The Bertz CT molecular complexity index is 457. The van der Waals surface area contributed by atoms with Crippen LogP contribution in [0.25, 0.3) is 5.69 Å². The second-order valence-electron chi connectivity index (χ2n) is 3.20. The van der Waals surface area contributed by atoms with Crippen LogP contribution in [-0.4, -0.2) is 20.5 Å². The Morgan fingerprint density at radius 1 is 1.33 bits per heavy atom. The summed E-state index contributed by atoms with van der Waals surface area (Å²) in [4.78, 5) is 3.97. The van der Waals surface area contributed by atoms with Crippen LogP contribution >= 0.6 is 0 Å². The van der Waals surface area contributed by atoms with Gasteiger partial charge in [0.15, 0.2) is 0 Å². The fourth-order valence-electron chi connectivity index (χ4n) is 1.34. The van der Waals surface area contributed by atoms with Gasteiger partial charge in [0, 0.05) is 18.1 Å². The maximum Gasteiger partial charge on any atom is 0.0991 e. The first-order valence-corrected chi connectivity index (χ1v) is 4.58. The number of oxime groups is 1. The van der Waals surface area contributed by atoms with Crippen LogP contribution in [0.15, 0.2) is 48.1 Å². The first-order chi connectivity index (χ1) is 7.31. The number of benzene rings is 1. The minimum absolute atomic E-state index is 0.604. The molecule has 2 aromatic rings. The zero-order valence-electron chi connectivity index (χ0n) is 8.33. The van der Waals surface area contributed by atoms with Gasteiger partial charge >= 0.3 is 0 Å². The van der Waals surface area contributed by atoms with Crippen LogP contribution in [0.1, 0.15) is 12.5 Å². The zero-order valence-corrected chi connectivity index (χ0v) is 8.33. The quantitative estimate of drug-likeness (QED) is 0.459. The van der Waals surface area contributed by atoms with E-state index >= 15 is 0 Å². The SMILES string of the molecule is C/C(=N/O)c1ccc(-n2ccnc2)cc1. The van der Waals surface area contributed by atoms with E-state index in [1.807, 2.05) is 35.0 Å². The van der Waals surface area contributed by atoms with Crippen LogP contribution in [0.4, 0.5) is 0 Å². The van der Waals surface area contributed by atoms with E-state index in [1.54, 1.807) is 19.4 Å². The Morgan fingerprint density at radius 2 is 2.07 bits per heavy atom. The monoisotopic (exact) mass is 201 g/mol. The molecule has 76 valence electrons. The molecule has 0 atom stereocenters. The second kappa shape index (κ2) is 3.96. The van der Waals surface area contributed by atoms with Gasteiger partial charge < -0.3 is 9.77 Å². The molecule has 4 nitrogen and oxygen atoms in total. The Balaban J connectivity index is 2.33. The molecule has 0 aliphatic rings. The molecule has 1 N–H and O–H groups in total. The van der Waals surface area contributed by atoms with E-state index in [-0.39, 0.29) is 0 Å². The fourth-order valence-corrected chi connectivity index (χ4v) is 1.34. The van der Waals surface area contributed by atoms with Crippen molar-refractivity contribution in [1.29, 1.82) is 0 Å². The van der Waals surface area contributed by atoms with Crippen LogP contribution in [0.5, 0.6) is 0 Å². The summed E-state index contributed by atoms with van der Waals surface area (Å²) in [5.41, 5.74) is 2.54. The van der Waals surface area contributed by atoms with Gasteiger partial charge in [-0.2, -0.15) is 0 Å². The average molecular weight is 201 g/mol. The molecule has 0 unspecified atom stereocenters. The third-order valence-electron chi connectivity index (χ3n) is 2.24. The summed E-state index contributed by atoms with van der Waals surface area (Å²) < 4.78 is 1.91. The standard InChI is InChI=1S/C11H11N3O/c1-9(13-15)10-2-4-11(5-3-10)14-7-6-12-8-14/h2-8,15H,1H3/b13-9-. The molecule has 0 aliphatic carbocycles. The lowest BCUT2D eigenvalue weighted by molar-refractivity contribution is 0.319. The topological polar surface area (TPSA) is 50.4 Å². The van der Waals surface area contributed by atoms with E-state index < -0.39 is 0 Å². The van der Waals surface area contributed by atoms with E-state index in [9.17, 15) is 0 Å². The highest BCUT2D eigenvalue weighted by molar-refractivity contribution is 5.98. The van der Waals surface area contributed by atoms with Gasteiger partial charge in [-0.25, -0.2) is 4.98 Å². The minimum Gasteiger partial charge on any atom is -0.411 e. The molecule has 0 spiro atoms. The molecule has 0 bridgehead atoms. The maximum atomic E-state index is 8.61. The molecule has 0 aliphatic heterocycles. The van der Waals surface area contributed by atoms with Crippen LogP contribution in [-0.2, 0) is 0 Å². The van der Waals surface area contributed by atoms with Gasteiger partial charge in [0.1, 0.15) is 0 Å². The van der Waals surface area contributed by atoms with Crippen molar-refractivity contribution in [2.24, 2.45) is 5.16 Å². The highest BCUT2D eigenvalue weighted by Crippen LogP contribution is 2.09. The maximum absolute atomic E-state index is 8.61. The first-order valence-electron chi connectivity index (χ1n) is 4.58. The smallest absolute Gasteiger partial charge is 0.0991 e. The first kappa shape index (κ1) is 9.45. The van der Waals surface area contributed by atoms with E-state index in [1.165, 1.54) is 0 Å². The Hall–Kier alpha value is -2.10. The van der Waals surface area contributed by atoms with Crippen LogP contribution in [0.3, 0.4) is 0 Å². The molecule has 1 aromatic carbocycles. The van der Waals surface area contributed by atoms with Gasteiger partial charge in [0.25, 0.3) is 0 Å². The van der Waals surface area contributed by atoms with Crippen LogP contribution in [0, 0.1) is 0 Å². The normalized spacial score (nSPS) is 11.7. The summed E-state index contributed by atoms with van der Waals surface area (Å²) >= 11 is 0. The Labute approximate surface area is 87.5 Å². The second-order valence-corrected chi connectivity index (χ2v) is 3.20. The summed E-state index contributed by atoms with van der Waals surface area (Å²) in [6.45, 7) is 1.76. The summed E-state index contributed by atoms with van der Waals surface area (Å²) in [6, 6.07) is 7.71. The largest absolute Gasteiger partial charge is 0.411 e. The third-order valence-corrected chi connectivity index (χ3v) is 2.24. The Morgan fingerprint density at radius 3 is 2.60 bits per heavy atom. The third kappa shape index (κ3) is 1.88. The molecule has 2 rings (SSSR count). The van der Waals surface area contributed by atoms with E-state index in [0.717, 1.165) is 11.3 Å². The molecule has 0 radical (unpaired) electrons. The lowest BCUT2D eigenvalue weighted by Gasteiger charge is -2.03. The zero-order chi connectivity index (χ0) is 10.7. The van der Waals surface area contributed by atoms with Gasteiger partial charge in [-0.3, -0.25) is 0 Å². The number of hydrogen-bond donors (Lipinski definition) is 1. The van der Waals surface area contributed by atoms with Gasteiger partial charge in [0.05, 0.1) is 12.0 Å². The molecule has 15 heavy (non-hydrogen) atoms. The van der Waals surface area contributed by atoms with E-state index in [0.29, 0.717) is 5.71 Å². The van der Waals surface area contributed by atoms with E-state index in [4.69, 9.17) is 5.21 Å². The number of rotatable bonds is 2. The van der Waals surface area contributed by atoms with Crippen molar-refractivity contribution in [1.82, 2.24) is 9.55 Å². The molecular weight excluding hydrogens is 190 g/mol. The molecule has 1 heterocycles. The molecule has 0 saturated heterocycles. The van der Waals surface area contributed by atoms with Crippen molar-refractivity contribution >= 4 is 5.71 Å². The van der Waals surface area contributed by atoms with E-state index in [2.05, 4.69) is 10.1 Å². The fraction of sp³-hybridized carbons (Fsp3) is 0.0909. The van der Waals surface area contributed by atoms with Crippen molar-refractivity contribution in [2.45, 2.75) is 6.92 Å². The predicted octanol–water partition coefficient (Wildman–Crippen LogP) is 2.07. The predicted molar refractivity (Wildman–Crippen MR) is 57.6 cm³/mol. The summed E-state index contributed by atoms with van der Waals surface area (Å²) in [6.07, 6.45) is 5.35. The van der Waals surface area contributed by atoms with Crippen LogP contribution in [0.2, 0.25) is 0 Å². The average Bonchev–Trinajstić information content (AvgIpc) is 2.82. The summed E-state index contributed by atoms with van der Waals surface area (Å²) in [7, 11) is 0. The molecule has 0 fully saturated rings. The van der Waals surface area contributed by atoms with Crippen LogP contribution < -0.4 is 0 Å².